The lowest BCUT2D eigenvalue weighted by Crippen LogP contribution is -2.42. The van der Waals surface area contributed by atoms with Gasteiger partial charge >= 0.3 is 12.1 Å². The molecule has 0 bridgehead atoms. The van der Waals surface area contributed by atoms with Gasteiger partial charge in [-0.2, -0.15) is 18.4 Å². The number of hydrogen-bond acceptors (Lipinski definition) is 5. The Morgan fingerprint density at radius 2 is 2.17 bits per heavy atom. The number of rotatable bonds is 4. The number of amides is 1. The lowest BCUT2D eigenvalue weighted by Gasteiger charge is -2.32. The van der Waals surface area contributed by atoms with Crippen LogP contribution < -0.4 is 4.90 Å². The maximum atomic E-state index is 12.9. The fraction of sp³-hybridized carbons (Fsp3) is 0.400. The molecule has 1 unspecified atom stereocenters. The largest absolute Gasteiger partial charge is 0.466 e. The summed E-state index contributed by atoms with van der Waals surface area (Å²) >= 11 is 0.878. The Balaban J connectivity index is 2.38. The standard InChI is InChI=1S/C15H13F3N2O3S/c1-2-23-13(21)8-12-14(22)20(6-5-19)10-4-3-9(15(16,17)18)7-11(10)24-12/h3-4,7,12H,2,6,8H2,1H3. The minimum Gasteiger partial charge on any atom is -0.466 e. The normalized spacial score (nSPS) is 17.2. The molecule has 2 rings (SSSR count). The molecule has 0 N–H and O–H groups in total. The van der Waals surface area contributed by atoms with E-state index in [0.29, 0.717) is 0 Å². The zero-order chi connectivity index (χ0) is 17.9. The van der Waals surface area contributed by atoms with E-state index in [0.717, 1.165) is 28.8 Å². The van der Waals surface area contributed by atoms with Gasteiger partial charge in [-0.1, -0.05) is 0 Å². The number of nitrogens with zero attached hydrogens (tertiary/aromatic N) is 2. The first-order chi connectivity index (χ1) is 11.3. The van der Waals surface area contributed by atoms with Gasteiger partial charge in [-0.15, -0.1) is 11.8 Å². The molecule has 0 spiro atoms. The molecule has 0 radical (unpaired) electrons. The van der Waals surface area contributed by atoms with Gasteiger partial charge in [0.25, 0.3) is 0 Å². The molecule has 128 valence electrons. The van der Waals surface area contributed by atoms with Gasteiger partial charge in [0, 0.05) is 4.90 Å². The molecule has 0 saturated heterocycles. The van der Waals surface area contributed by atoms with Crippen molar-refractivity contribution in [2.45, 2.75) is 29.7 Å². The molecule has 24 heavy (non-hydrogen) atoms. The smallest absolute Gasteiger partial charge is 0.416 e. The summed E-state index contributed by atoms with van der Waals surface area (Å²) in [5.41, 5.74) is -0.616. The Hall–Kier alpha value is -2.21. The van der Waals surface area contributed by atoms with E-state index in [9.17, 15) is 22.8 Å². The molecule has 0 fully saturated rings. The molecule has 5 nitrogen and oxygen atoms in total. The van der Waals surface area contributed by atoms with Crippen LogP contribution in [0, 0.1) is 11.3 Å². The van der Waals surface area contributed by atoms with Gasteiger partial charge in [0.05, 0.1) is 35.6 Å². The van der Waals surface area contributed by atoms with Crippen molar-refractivity contribution in [1.29, 1.82) is 5.26 Å². The van der Waals surface area contributed by atoms with Crippen molar-refractivity contribution in [3.63, 3.8) is 0 Å². The number of halogens is 3. The van der Waals surface area contributed by atoms with Gasteiger partial charge in [-0.05, 0) is 25.1 Å². The zero-order valence-electron chi connectivity index (χ0n) is 12.6. The van der Waals surface area contributed by atoms with Crippen LogP contribution in [0.5, 0.6) is 0 Å². The Bertz CT molecular complexity index is 700. The number of benzene rings is 1. The van der Waals surface area contributed by atoms with E-state index in [1.807, 2.05) is 6.07 Å². The van der Waals surface area contributed by atoms with Crippen molar-refractivity contribution >= 4 is 29.3 Å². The third kappa shape index (κ3) is 3.82. The fourth-order valence-corrected chi connectivity index (χ4v) is 3.49. The number of carbonyl (C=O) groups excluding carboxylic acids is 2. The maximum absolute atomic E-state index is 12.9. The van der Waals surface area contributed by atoms with Crippen LogP contribution in [0.4, 0.5) is 18.9 Å². The summed E-state index contributed by atoms with van der Waals surface area (Å²) in [6, 6.07) is 4.77. The van der Waals surface area contributed by atoms with Crippen LogP contribution >= 0.6 is 11.8 Å². The van der Waals surface area contributed by atoms with Crippen molar-refractivity contribution in [3.8, 4) is 6.07 Å². The number of fused-ring (bicyclic) bond motifs is 1. The minimum absolute atomic E-state index is 0.140. The summed E-state index contributed by atoms with van der Waals surface area (Å²) < 4.78 is 43.4. The van der Waals surface area contributed by atoms with Crippen molar-refractivity contribution in [2.75, 3.05) is 18.1 Å². The molecule has 0 aliphatic carbocycles. The maximum Gasteiger partial charge on any atom is 0.416 e. The van der Waals surface area contributed by atoms with E-state index >= 15 is 0 Å². The summed E-state index contributed by atoms with van der Waals surface area (Å²) in [6.07, 6.45) is -4.79. The molecule has 9 heteroatoms. The summed E-state index contributed by atoms with van der Waals surface area (Å²) in [5.74, 6) is -1.11. The second-order valence-electron chi connectivity index (χ2n) is 4.88. The molecular formula is C15H13F3N2O3S. The quantitative estimate of drug-likeness (QED) is 0.611. The number of nitriles is 1. The van der Waals surface area contributed by atoms with E-state index in [4.69, 9.17) is 10.00 Å². The minimum atomic E-state index is -4.52. The van der Waals surface area contributed by atoms with Gasteiger partial charge in [-0.25, -0.2) is 0 Å². The molecule has 1 heterocycles. The average Bonchev–Trinajstić information content (AvgIpc) is 2.50. The predicted octanol–water partition coefficient (Wildman–Crippen LogP) is 2.99. The van der Waals surface area contributed by atoms with Crippen LogP contribution in [0.1, 0.15) is 18.9 Å². The third-order valence-corrected chi connectivity index (χ3v) is 4.51. The Morgan fingerprint density at radius 3 is 2.75 bits per heavy atom. The molecule has 1 aromatic rings. The van der Waals surface area contributed by atoms with Crippen LogP contribution in [0.3, 0.4) is 0 Å². The van der Waals surface area contributed by atoms with E-state index in [2.05, 4.69) is 0 Å². The Kier molecular flexibility index (Phi) is 5.39. The summed E-state index contributed by atoms with van der Waals surface area (Å²) in [5, 5.41) is 7.95. The van der Waals surface area contributed by atoms with Crippen molar-refractivity contribution in [2.24, 2.45) is 0 Å². The van der Waals surface area contributed by atoms with Gasteiger partial charge in [0.1, 0.15) is 6.54 Å². The van der Waals surface area contributed by atoms with Crippen LogP contribution in [0.25, 0.3) is 0 Å². The topological polar surface area (TPSA) is 70.4 Å². The first kappa shape index (κ1) is 18.1. The molecule has 0 aromatic heterocycles. The lowest BCUT2D eigenvalue weighted by atomic mass is 10.1. The molecule has 1 aromatic carbocycles. The van der Waals surface area contributed by atoms with Crippen molar-refractivity contribution < 1.29 is 27.5 Å². The Labute approximate surface area is 140 Å². The van der Waals surface area contributed by atoms with Crippen LogP contribution in [-0.4, -0.2) is 30.3 Å². The van der Waals surface area contributed by atoms with Crippen LogP contribution in [0.2, 0.25) is 0 Å². The van der Waals surface area contributed by atoms with E-state index in [1.54, 1.807) is 6.92 Å². The Morgan fingerprint density at radius 1 is 1.46 bits per heavy atom. The van der Waals surface area contributed by atoms with Crippen molar-refractivity contribution in [1.82, 2.24) is 0 Å². The second kappa shape index (κ2) is 7.13. The molecule has 1 aliphatic rings. The predicted molar refractivity (Wildman–Crippen MR) is 80.3 cm³/mol. The van der Waals surface area contributed by atoms with Crippen molar-refractivity contribution in [3.05, 3.63) is 23.8 Å². The first-order valence-corrected chi connectivity index (χ1v) is 7.87. The fourth-order valence-electron chi connectivity index (χ4n) is 2.24. The van der Waals surface area contributed by atoms with Gasteiger partial charge in [0.2, 0.25) is 5.91 Å². The van der Waals surface area contributed by atoms with E-state index < -0.39 is 28.9 Å². The van der Waals surface area contributed by atoms with Gasteiger partial charge in [0.15, 0.2) is 0 Å². The zero-order valence-corrected chi connectivity index (χ0v) is 13.4. The number of esters is 1. The number of anilines is 1. The number of thioether (sulfide) groups is 1. The van der Waals surface area contributed by atoms with Gasteiger partial charge < -0.3 is 4.74 Å². The van der Waals surface area contributed by atoms with E-state index in [1.165, 1.54) is 6.07 Å². The highest BCUT2D eigenvalue weighted by molar-refractivity contribution is 8.01. The lowest BCUT2D eigenvalue weighted by molar-refractivity contribution is -0.144. The number of hydrogen-bond donors (Lipinski definition) is 0. The first-order valence-electron chi connectivity index (χ1n) is 6.99. The number of carbonyl (C=O) groups is 2. The van der Waals surface area contributed by atoms with Crippen LogP contribution in [0.15, 0.2) is 23.1 Å². The SMILES string of the molecule is CCOC(=O)CC1Sc2cc(C(F)(F)F)ccc2N(CC#N)C1=O. The highest BCUT2D eigenvalue weighted by Crippen LogP contribution is 2.43. The molecule has 1 amide bonds. The molecule has 1 aliphatic heterocycles. The monoisotopic (exact) mass is 358 g/mol. The highest BCUT2D eigenvalue weighted by Gasteiger charge is 2.38. The number of alkyl halides is 3. The second-order valence-corrected chi connectivity index (χ2v) is 6.12. The summed E-state index contributed by atoms with van der Waals surface area (Å²) in [4.78, 5) is 25.3. The molecule has 1 atom stereocenters. The van der Waals surface area contributed by atoms with Crippen LogP contribution in [-0.2, 0) is 20.5 Å². The highest BCUT2D eigenvalue weighted by atomic mass is 32.2. The average molecular weight is 358 g/mol. The number of ether oxygens (including phenoxy) is 1. The summed E-state index contributed by atoms with van der Waals surface area (Å²) in [6.45, 7) is 1.44. The molecular weight excluding hydrogens is 345 g/mol. The summed E-state index contributed by atoms with van der Waals surface area (Å²) in [7, 11) is 0. The third-order valence-electron chi connectivity index (χ3n) is 3.27. The van der Waals surface area contributed by atoms with E-state index in [-0.39, 0.29) is 30.2 Å². The molecule has 0 saturated carbocycles. The van der Waals surface area contributed by atoms with Gasteiger partial charge in [-0.3, -0.25) is 14.5 Å².